The first-order valence-corrected chi connectivity index (χ1v) is 6.71. The van der Waals surface area contributed by atoms with Gasteiger partial charge in [-0.25, -0.2) is 8.42 Å². The van der Waals surface area contributed by atoms with E-state index < -0.39 is 10.0 Å². The first-order valence-electron chi connectivity index (χ1n) is 4.86. The second kappa shape index (κ2) is 3.79. The van der Waals surface area contributed by atoms with Crippen LogP contribution in [0.15, 0.2) is 0 Å². The monoisotopic (exact) mass is 221 g/mol. The molecule has 0 saturated carbocycles. The summed E-state index contributed by atoms with van der Waals surface area (Å²) in [4.78, 5) is 0. The molecule has 0 aromatic carbocycles. The number of hydrogen-bond donors (Lipinski definition) is 1. The number of aliphatic hydroxyl groups excluding tert-OH is 1. The molecule has 1 saturated heterocycles. The third-order valence-corrected chi connectivity index (χ3v) is 4.42. The molecule has 2 atom stereocenters. The van der Waals surface area contributed by atoms with Crippen LogP contribution in [0.4, 0.5) is 0 Å². The molecule has 0 spiro atoms. The Labute approximate surface area is 86.0 Å². The van der Waals surface area contributed by atoms with Crippen molar-refractivity contribution >= 4 is 10.0 Å². The summed E-state index contributed by atoms with van der Waals surface area (Å²) in [7, 11) is -3.08. The van der Waals surface area contributed by atoms with Crippen LogP contribution in [0.25, 0.3) is 0 Å². The normalized spacial score (nSPS) is 35.9. The molecular formula is C9H19NO3S. The van der Waals surface area contributed by atoms with Crippen LogP contribution in [0.3, 0.4) is 0 Å². The molecule has 1 aliphatic heterocycles. The van der Waals surface area contributed by atoms with Crippen LogP contribution in [0.1, 0.15) is 26.7 Å². The average molecular weight is 221 g/mol. The van der Waals surface area contributed by atoms with Gasteiger partial charge in [0.15, 0.2) is 0 Å². The van der Waals surface area contributed by atoms with E-state index in [2.05, 4.69) is 0 Å². The number of sulfonamides is 1. The van der Waals surface area contributed by atoms with E-state index in [1.54, 1.807) is 0 Å². The summed E-state index contributed by atoms with van der Waals surface area (Å²) < 4.78 is 24.2. The minimum atomic E-state index is -3.08. The Balaban J connectivity index is 2.75. The molecule has 14 heavy (non-hydrogen) atoms. The summed E-state index contributed by atoms with van der Waals surface area (Å²) in [6, 6.07) is -0.00380. The maximum atomic E-state index is 11.4. The van der Waals surface area contributed by atoms with Crippen LogP contribution < -0.4 is 0 Å². The lowest BCUT2D eigenvalue weighted by molar-refractivity contribution is 0.0612. The van der Waals surface area contributed by atoms with Gasteiger partial charge in [0.2, 0.25) is 10.0 Å². The van der Waals surface area contributed by atoms with E-state index >= 15 is 0 Å². The second-order valence-electron chi connectivity index (χ2n) is 4.65. The molecule has 5 heteroatoms. The van der Waals surface area contributed by atoms with Crippen LogP contribution in [0, 0.1) is 5.41 Å². The summed E-state index contributed by atoms with van der Waals surface area (Å²) >= 11 is 0. The molecule has 2 unspecified atom stereocenters. The fourth-order valence-electron chi connectivity index (χ4n) is 2.15. The van der Waals surface area contributed by atoms with Gasteiger partial charge < -0.3 is 5.11 Å². The van der Waals surface area contributed by atoms with Gasteiger partial charge in [-0.15, -0.1) is 0 Å². The molecule has 1 aliphatic rings. The molecule has 0 amide bonds. The van der Waals surface area contributed by atoms with Gasteiger partial charge in [0, 0.05) is 19.2 Å². The predicted octanol–water partition coefficient (Wildman–Crippen LogP) is 0.429. The van der Waals surface area contributed by atoms with Crippen LogP contribution in [0.5, 0.6) is 0 Å². The molecule has 0 aliphatic carbocycles. The van der Waals surface area contributed by atoms with Gasteiger partial charge in [0.25, 0.3) is 0 Å². The Morgan fingerprint density at radius 2 is 2.14 bits per heavy atom. The summed E-state index contributed by atoms with van der Waals surface area (Å²) in [5, 5.41) is 9.19. The van der Waals surface area contributed by atoms with E-state index in [4.69, 9.17) is 0 Å². The first-order chi connectivity index (χ1) is 6.28. The van der Waals surface area contributed by atoms with Crippen molar-refractivity contribution in [1.82, 2.24) is 4.31 Å². The fraction of sp³-hybridized carbons (Fsp3) is 1.00. The van der Waals surface area contributed by atoms with Gasteiger partial charge in [-0.2, -0.15) is 4.31 Å². The Bertz CT molecular complexity index is 301. The summed E-state index contributed by atoms with van der Waals surface area (Å²) in [6.45, 7) is 4.56. The van der Waals surface area contributed by atoms with E-state index in [0.717, 1.165) is 12.8 Å². The molecule has 4 nitrogen and oxygen atoms in total. The maximum Gasteiger partial charge on any atom is 0.211 e. The van der Waals surface area contributed by atoms with E-state index in [0.29, 0.717) is 6.54 Å². The van der Waals surface area contributed by atoms with Gasteiger partial charge in [0.05, 0.1) is 6.26 Å². The first kappa shape index (κ1) is 11.9. The summed E-state index contributed by atoms with van der Waals surface area (Å²) in [6.07, 6.45) is 2.71. The van der Waals surface area contributed by atoms with Crippen molar-refractivity contribution in [3.63, 3.8) is 0 Å². The van der Waals surface area contributed by atoms with Crippen molar-refractivity contribution in [2.75, 3.05) is 19.4 Å². The molecule has 0 aromatic heterocycles. The molecule has 1 heterocycles. The number of piperidine rings is 1. The second-order valence-corrected chi connectivity index (χ2v) is 6.58. The lowest BCUT2D eigenvalue weighted by Crippen LogP contribution is -2.48. The zero-order chi connectivity index (χ0) is 11.0. The van der Waals surface area contributed by atoms with Crippen molar-refractivity contribution in [2.24, 2.45) is 5.41 Å². The van der Waals surface area contributed by atoms with Crippen LogP contribution in [-0.4, -0.2) is 43.3 Å². The molecule has 1 fully saturated rings. The number of aliphatic hydroxyl groups is 1. The van der Waals surface area contributed by atoms with Gasteiger partial charge in [-0.1, -0.05) is 6.92 Å². The van der Waals surface area contributed by atoms with E-state index in [1.807, 2.05) is 13.8 Å². The van der Waals surface area contributed by atoms with Gasteiger partial charge in [-0.05, 0) is 25.2 Å². The Morgan fingerprint density at radius 1 is 1.57 bits per heavy atom. The molecule has 0 bridgehead atoms. The molecule has 1 rings (SSSR count). The minimum absolute atomic E-state index is 0.00380. The van der Waals surface area contributed by atoms with Gasteiger partial charge in [-0.3, -0.25) is 0 Å². The Kier molecular flexibility index (Phi) is 3.23. The zero-order valence-corrected chi connectivity index (χ0v) is 9.84. The highest BCUT2D eigenvalue weighted by Crippen LogP contribution is 2.34. The Morgan fingerprint density at radius 3 is 2.50 bits per heavy atom. The predicted molar refractivity (Wildman–Crippen MR) is 55.4 cm³/mol. The fourth-order valence-corrected chi connectivity index (χ4v) is 3.31. The van der Waals surface area contributed by atoms with Crippen molar-refractivity contribution < 1.29 is 13.5 Å². The van der Waals surface area contributed by atoms with Crippen LogP contribution in [-0.2, 0) is 10.0 Å². The molecule has 0 aromatic rings. The van der Waals surface area contributed by atoms with Gasteiger partial charge >= 0.3 is 0 Å². The summed E-state index contributed by atoms with van der Waals surface area (Å²) in [5.74, 6) is 0. The lowest BCUT2D eigenvalue weighted by atomic mass is 9.79. The largest absolute Gasteiger partial charge is 0.396 e. The van der Waals surface area contributed by atoms with Crippen LogP contribution in [0.2, 0.25) is 0 Å². The van der Waals surface area contributed by atoms with Crippen LogP contribution >= 0.6 is 0 Å². The molecular weight excluding hydrogens is 202 g/mol. The number of rotatable bonds is 2. The molecule has 84 valence electrons. The zero-order valence-electron chi connectivity index (χ0n) is 9.02. The third kappa shape index (κ3) is 2.46. The van der Waals surface area contributed by atoms with E-state index in [-0.39, 0.29) is 18.1 Å². The average Bonchev–Trinajstić information content (AvgIpc) is 2.01. The lowest BCUT2D eigenvalue weighted by Gasteiger charge is -2.41. The van der Waals surface area contributed by atoms with Crippen molar-refractivity contribution in [1.29, 1.82) is 0 Å². The van der Waals surface area contributed by atoms with Gasteiger partial charge in [0.1, 0.15) is 0 Å². The minimum Gasteiger partial charge on any atom is -0.396 e. The topological polar surface area (TPSA) is 57.6 Å². The highest BCUT2D eigenvalue weighted by atomic mass is 32.2. The highest BCUT2D eigenvalue weighted by Gasteiger charge is 2.37. The summed E-state index contributed by atoms with van der Waals surface area (Å²) in [5.41, 5.74) is -0.111. The molecule has 0 radical (unpaired) electrons. The highest BCUT2D eigenvalue weighted by molar-refractivity contribution is 7.88. The quantitative estimate of drug-likeness (QED) is 0.735. The number of nitrogens with zero attached hydrogens (tertiary/aromatic N) is 1. The van der Waals surface area contributed by atoms with Crippen molar-refractivity contribution in [3.8, 4) is 0 Å². The third-order valence-electron chi connectivity index (χ3n) is 3.02. The maximum absolute atomic E-state index is 11.4. The standard InChI is InChI=1S/C9H19NO3S/c1-8-6-9(2,7-11)4-5-10(8)14(3,12)13/h8,11H,4-7H2,1-3H3. The van der Waals surface area contributed by atoms with E-state index in [9.17, 15) is 13.5 Å². The molecule has 1 N–H and O–H groups in total. The van der Waals surface area contributed by atoms with Crippen molar-refractivity contribution in [3.05, 3.63) is 0 Å². The van der Waals surface area contributed by atoms with Crippen molar-refractivity contribution in [2.45, 2.75) is 32.7 Å². The van der Waals surface area contributed by atoms with E-state index in [1.165, 1.54) is 10.6 Å². The SMILES string of the molecule is CC1CC(C)(CO)CCN1S(C)(=O)=O. The Hall–Kier alpha value is -0.130. The smallest absolute Gasteiger partial charge is 0.211 e. The number of hydrogen-bond acceptors (Lipinski definition) is 3.